The molecular formula is C17H23NS. The number of thiophene rings is 1. The van der Waals surface area contributed by atoms with Gasteiger partial charge in [-0.2, -0.15) is 11.3 Å². The highest BCUT2D eigenvalue weighted by molar-refractivity contribution is 7.07. The Labute approximate surface area is 120 Å². The van der Waals surface area contributed by atoms with Crippen molar-refractivity contribution in [2.24, 2.45) is 5.92 Å². The van der Waals surface area contributed by atoms with Gasteiger partial charge >= 0.3 is 0 Å². The fourth-order valence-corrected chi connectivity index (χ4v) is 2.87. The summed E-state index contributed by atoms with van der Waals surface area (Å²) in [5.41, 5.74) is 4.25. The molecule has 2 heteroatoms. The van der Waals surface area contributed by atoms with E-state index >= 15 is 0 Å². The zero-order valence-corrected chi connectivity index (χ0v) is 12.7. The van der Waals surface area contributed by atoms with E-state index in [1.54, 1.807) is 11.3 Å². The Morgan fingerprint density at radius 1 is 1.00 bits per heavy atom. The molecule has 0 unspecified atom stereocenters. The normalized spacial score (nSPS) is 11.1. The molecule has 1 aromatic carbocycles. The van der Waals surface area contributed by atoms with E-state index in [1.807, 2.05) is 0 Å². The molecule has 0 bridgehead atoms. The molecule has 1 N–H and O–H groups in total. The molecule has 0 amide bonds. The zero-order valence-electron chi connectivity index (χ0n) is 11.9. The van der Waals surface area contributed by atoms with Crippen LogP contribution in [0.4, 0.5) is 0 Å². The second-order valence-electron chi connectivity index (χ2n) is 5.47. The summed E-state index contributed by atoms with van der Waals surface area (Å²) in [7, 11) is 0. The van der Waals surface area contributed by atoms with Gasteiger partial charge < -0.3 is 5.32 Å². The van der Waals surface area contributed by atoms with E-state index < -0.39 is 0 Å². The quantitative estimate of drug-likeness (QED) is 0.743. The van der Waals surface area contributed by atoms with Gasteiger partial charge in [-0.25, -0.2) is 0 Å². The average molecular weight is 273 g/mol. The standard InChI is InChI=1S/C17H23NS/c1-14(2)11-15-3-5-16(6-4-15)12-18-9-7-17-8-10-19-13-17/h3-6,8,10,13-14,18H,7,9,11-12H2,1-2H3. The van der Waals surface area contributed by atoms with Crippen LogP contribution in [0.25, 0.3) is 0 Å². The highest BCUT2D eigenvalue weighted by Gasteiger charge is 1.98. The third-order valence-corrected chi connectivity index (χ3v) is 3.90. The summed E-state index contributed by atoms with van der Waals surface area (Å²) in [6.45, 7) is 6.54. The topological polar surface area (TPSA) is 12.0 Å². The molecule has 2 rings (SSSR count). The van der Waals surface area contributed by atoms with Gasteiger partial charge in [-0.15, -0.1) is 0 Å². The lowest BCUT2D eigenvalue weighted by Crippen LogP contribution is -2.16. The Balaban J connectivity index is 1.71. The van der Waals surface area contributed by atoms with Crippen LogP contribution in [0, 0.1) is 5.92 Å². The molecule has 0 atom stereocenters. The summed E-state index contributed by atoms with van der Waals surface area (Å²) in [6, 6.07) is 11.2. The third kappa shape index (κ3) is 5.17. The maximum atomic E-state index is 3.50. The maximum absolute atomic E-state index is 3.50. The van der Waals surface area contributed by atoms with Crippen LogP contribution < -0.4 is 5.32 Å². The first-order chi connectivity index (χ1) is 9.24. The van der Waals surface area contributed by atoms with Crippen LogP contribution in [0.15, 0.2) is 41.1 Å². The summed E-state index contributed by atoms with van der Waals surface area (Å²) in [4.78, 5) is 0. The van der Waals surface area contributed by atoms with Gasteiger partial charge in [0, 0.05) is 6.54 Å². The first-order valence-corrected chi connectivity index (χ1v) is 7.98. The van der Waals surface area contributed by atoms with Crippen molar-refractivity contribution >= 4 is 11.3 Å². The maximum Gasteiger partial charge on any atom is 0.0205 e. The molecule has 0 aliphatic carbocycles. The average Bonchev–Trinajstić information content (AvgIpc) is 2.89. The van der Waals surface area contributed by atoms with Crippen molar-refractivity contribution in [3.05, 3.63) is 57.8 Å². The number of hydrogen-bond acceptors (Lipinski definition) is 2. The molecular weight excluding hydrogens is 250 g/mol. The van der Waals surface area contributed by atoms with Crippen LogP contribution in [-0.4, -0.2) is 6.54 Å². The van der Waals surface area contributed by atoms with Crippen LogP contribution in [0.3, 0.4) is 0 Å². The Kier molecular flexibility index (Phi) is 5.62. The van der Waals surface area contributed by atoms with Gasteiger partial charge in [-0.05, 0) is 58.8 Å². The first kappa shape index (κ1) is 14.3. The van der Waals surface area contributed by atoms with E-state index in [4.69, 9.17) is 0 Å². The van der Waals surface area contributed by atoms with Crippen molar-refractivity contribution in [3.63, 3.8) is 0 Å². The van der Waals surface area contributed by atoms with Crippen molar-refractivity contribution in [3.8, 4) is 0 Å². The van der Waals surface area contributed by atoms with Crippen molar-refractivity contribution in [2.75, 3.05) is 6.54 Å². The highest BCUT2D eigenvalue weighted by atomic mass is 32.1. The second kappa shape index (κ2) is 7.46. The largest absolute Gasteiger partial charge is 0.312 e. The van der Waals surface area contributed by atoms with E-state index in [-0.39, 0.29) is 0 Å². The van der Waals surface area contributed by atoms with Crippen molar-refractivity contribution in [1.82, 2.24) is 5.32 Å². The van der Waals surface area contributed by atoms with Crippen LogP contribution in [0.2, 0.25) is 0 Å². The Morgan fingerprint density at radius 3 is 2.37 bits per heavy atom. The van der Waals surface area contributed by atoms with Gasteiger partial charge in [0.1, 0.15) is 0 Å². The highest BCUT2D eigenvalue weighted by Crippen LogP contribution is 2.10. The van der Waals surface area contributed by atoms with E-state index in [1.165, 1.54) is 23.1 Å². The number of hydrogen-bond donors (Lipinski definition) is 1. The van der Waals surface area contributed by atoms with E-state index in [0.717, 1.165) is 25.4 Å². The summed E-state index contributed by atoms with van der Waals surface area (Å²) in [5, 5.41) is 7.87. The summed E-state index contributed by atoms with van der Waals surface area (Å²) >= 11 is 1.77. The van der Waals surface area contributed by atoms with Crippen LogP contribution in [0.1, 0.15) is 30.5 Å². The van der Waals surface area contributed by atoms with Gasteiger partial charge in [0.05, 0.1) is 0 Å². The van der Waals surface area contributed by atoms with Crippen LogP contribution >= 0.6 is 11.3 Å². The zero-order chi connectivity index (χ0) is 13.5. The fraction of sp³-hybridized carbons (Fsp3) is 0.412. The predicted molar refractivity (Wildman–Crippen MR) is 84.7 cm³/mol. The molecule has 0 saturated carbocycles. The van der Waals surface area contributed by atoms with E-state index in [9.17, 15) is 0 Å². The molecule has 1 nitrogen and oxygen atoms in total. The predicted octanol–water partition coefficient (Wildman–Crippen LogP) is 4.28. The van der Waals surface area contributed by atoms with Gasteiger partial charge in [0.15, 0.2) is 0 Å². The minimum absolute atomic E-state index is 0.731. The van der Waals surface area contributed by atoms with E-state index in [2.05, 4.69) is 60.3 Å². The SMILES string of the molecule is CC(C)Cc1ccc(CNCCc2ccsc2)cc1. The van der Waals surface area contributed by atoms with Gasteiger partial charge in [-0.3, -0.25) is 0 Å². The summed E-state index contributed by atoms with van der Waals surface area (Å²) < 4.78 is 0. The van der Waals surface area contributed by atoms with Gasteiger partial charge in [-0.1, -0.05) is 38.1 Å². The lowest BCUT2D eigenvalue weighted by Gasteiger charge is -2.07. The smallest absolute Gasteiger partial charge is 0.0205 e. The molecule has 0 spiro atoms. The second-order valence-corrected chi connectivity index (χ2v) is 6.25. The number of benzene rings is 1. The first-order valence-electron chi connectivity index (χ1n) is 7.03. The molecule has 0 fully saturated rings. The van der Waals surface area contributed by atoms with Crippen LogP contribution in [-0.2, 0) is 19.4 Å². The molecule has 1 aromatic heterocycles. The number of rotatable bonds is 7. The molecule has 102 valence electrons. The van der Waals surface area contributed by atoms with Gasteiger partial charge in [0.2, 0.25) is 0 Å². The molecule has 1 heterocycles. The minimum Gasteiger partial charge on any atom is -0.312 e. The summed E-state index contributed by atoms with van der Waals surface area (Å²) in [6.07, 6.45) is 2.29. The monoisotopic (exact) mass is 273 g/mol. The van der Waals surface area contributed by atoms with Gasteiger partial charge in [0.25, 0.3) is 0 Å². The lowest BCUT2D eigenvalue weighted by atomic mass is 10.0. The molecule has 0 saturated heterocycles. The van der Waals surface area contributed by atoms with Crippen molar-refractivity contribution in [2.45, 2.75) is 33.2 Å². The van der Waals surface area contributed by atoms with E-state index in [0.29, 0.717) is 0 Å². The molecule has 19 heavy (non-hydrogen) atoms. The molecule has 0 radical (unpaired) electrons. The molecule has 0 aliphatic heterocycles. The number of nitrogens with one attached hydrogen (secondary N) is 1. The Hall–Kier alpha value is -1.12. The minimum atomic E-state index is 0.731. The van der Waals surface area contributed by atoms with Crippen molar-refractivity contribution < 1.29 is 0 Å². The molecule has 0 aliphatic rings. The Morgan fingerprint density at radius 2 is 1.74 bits per heavy atom. The third-order valence-electron chi connectivity index (χ3n) is 3.17. The summed E-state index contributed by atoms with van der Waals surface area (Å²) in [5.74, 6) is 0.731. The fourth-order valence-electron chi connectivity index (χ4n) is 2.16. The van der Waals surface area contributed by atoms with Crippen LogP contribution in [0.5, 0.6) is 0 Å². The molecule has 2 aromatic rings. The van der Waals surface area contributed by atoms with Crippen molar-refractivity contribution in [1.29, 1.82) is 0 Å². The Bertz CT molecular complexity index is 457. The lowest BCUT2D eigenvalue weighted by molar-refractivity contribution is 0.646.